The highest BCUT2D eigenvalue weighted by Gasteiger charge is 2.36. The van der Waals surface area contributed by atoms with Crippen LogP contribution in [-0.2, 0) is 6.42 Å². The van der Waals surface area contributed by atoms with Crippen LogP contribution in [0.5, 0.6) is 5.75 Å². The maximum atomic E-state index is 9.20. The van der Waals surface area contributed by atoms with E-state index in [2.05, 4.69) is 0 Å². The van der Waals surface area contributed by atoms with Gasteiger partial charge in [0.1, 0.15) is 11.9 Å². The Morgan fingerprint density at radius 1 is 1.28 bits per heavy atom. The predicted molar refractivity (Wildman–Crippen MR) is 69.5 cm³/mol. The number of rotatable bonds is 5. The van der Waals surface area contributed by atoms with Gasteiger partial charge in [0.25, 0.3) is 0 Å². The molecular weight excluding hydrogens is 230 g/mol. The summed E-state index contributed by atoms with van der Waals surface area (Å²) in [6, 6.07) is 7.76. The summed E-state index contributed by atoms with van der Waals surface area (Å²) in [5.74, 6) is 0.823. The van der Waals surface area contributed by atoms with E-state index in [0.717, 1.165) is 24.2 Å². The minimum absolute atomic E-state index is 0.0162. The molecule has 1 aromatic carbocycles. The predicted octanol–water partition coefficient (Wildman–Crippen LogP) is 0.842. The van der Waals surface area contributed by atoms with Crippen LogP contribution in [0.1, 0.15) is 24.8 Å². The van der Waals surface area contributed by atoms with E-state index < -0.39 is 5.54 Å². The van der Waals surface area contributed by atoms with Crippen LogP contribution in [0.4, 0.5) is 0 Å². The second-order valence-corrected chi connectivity index (χ2v) is 5.12. The van der Waals surface area contributed by atoms with Crippen molar-refractivity contribution in [1.29, 1.82) is 0 Å². The van der Waals surface area contributed by atoms with Crippen molar-refractivity contribution < 1.29 is 14.9 Å². The first-order valence-corrected chi connectivity index (χ1v) is 6.41. The van der Waals surface area contributed by atoms with Crippen LogP contribution >= 0.6 is 0 Å². The lowest BCUT2D eigenvalue weighted by Crippen LogP contribution is -2.41. The fourth-order valence-electron chi connectivity index (χ4n) is 2.41. The maximum absolute atomic E-state index is 9.20. The highest BCUT2D eigenvalue weighted by atomic mass is 16.5. The van der Waals surface area contributed by atoms with Crippen LogP contribution in [0.3, 0.4) is 0 Å². The van der Waals surface area contributed by atoms with Gasteiger partial charge in [0.2, 0.25) is 0 Å². The molecule has 0 aliphatic heterocycles. The van der Waals surface area contributed by atoms with E-state index in [4.69, 9.17) is 15.6 Å². The molecule has 1 aromatic rings. The zero-order chi connectivity index (χ0) is 13.0. The molecule has 1 aliphatic rings. The average molecular weight is 251 g/mol. The molecule has 4 heteroatoms. The number of aliphatic hydroxyl groups is 2. The Kier molecular flexibility index (Phi) is 4.22. The molecule has 1 aliphatic carbocycles. The summed E-state index contributed by atoms with van der Waals surface area (Å²) in [5.41, 5.74) is 6.63. The Morgan fingerprint density at radius 2 is 2.00 bits per heavy atom. The largest absolute Gasteiger partial charge is 0.490 e. The van der Waals surface area contributed by atoms with Gasteiger partial charge >= 0.3 is 0 Å². The lowest BCUT2D eigenvalue weighted by molar-refractivity contribution is 0.165. The van der Waals surface area contributed by atoms with E-state index in [-0.39, 0.29) is 19.3 Å². The Labute approximate surface area is 107 Å². The van der Waals surface area contributed by atoms with Gasteiger partial charge in [0.05, 0.1) is 6.61 Å². The molecule has 0 radical (unpaired) electrons. The average Bonchev–Trinajstić information content (AvgIpc) is 2.75. The lowest BCUT2D eigenvalue weighted by atomic mass is 10.0. The molecule has 0 heterocycles. The van der Waals surface area contributed by atoms with Gasteiger partial charge in [-0.15, -0.1) is 0 Å². The van der Waals surface area contributed by atoms with Crippen molar-refractivity contribution in [3.8, 4) is 5.75 Å². The van der Waals surface area contributed by atoms with Gasteiger partial charge < -0.3 is 20.7 Å². The molecule has 2 atom stereocenters. The Hall–Kier alpha value is -1.10. The number of aliphatic hydroxyl groups excluding tert-OH is 2. The van der Waals surface area contributed by atoms with Crippen LogP contribution in [0.2, 0.25) is 0 Å². The van der Waals surface area contributed by atoms with Crippen LogP contribution in [0.15, 0.2) is 24.3 Å². The minimum atomic E-state index is -0.471. The van der Waals surface area contributed by atoms with Crippen molar-refractivity contribution in [2.75, 3.05) is 13.2 Å². The third kappa shape index (κ3) is 3.22. The standard InChI is InChI=1S/C14H21NO3/c15-14(10-17)7-5-13(9-14)18-12-3-1-11(2-4-12)6-8-16/h1-4,13,16-17H,5-10,15H2. The van der Waals surface area contributed by atoms with Crippen molar-refractivity contribution in [3.63, 3.8) is 0 Å². The SMILES string of the molecule is NC1(CO)CCC(Oc2ccc(CCO)cc2)C1. The molecule has 0 amide bonds. The molecule has 18 heavy (non-hydrogen) atoms. The minimum Gasteiger partial charge on any atom is -0.490 e. The normalized spacial score (nSPS) is 27.4. The fourth-order valence-corrected chi connectivity index (χ4v) is 2.41. The van der Waals surface area contributed by atoms with Crippen LogP contribution < -0.4 is 10.5 Å². The summed E-state index contributed by atoms with van der Waals surface area (Å²) in [7, 11) is 0. The summed E-state index contributed by atoms with van der Waals surface area (Å²) in [6.07, 6.45) is 3.14. The first-order chi connectivity index (χ1) is 8.65. The lowest BCUT2D eigenvalue weighted by Gasteiger charge is -2.21. The van der Waals surface area contributed by atoms with Crippen LogP contribution in [0, 0.1) is 0 Å². The van der Waals surface area contributed by atoms with E-state index in [1.54, 1.807) is 0 Å². The van der Waals surface area contributed by atoms with Crippen LogP contribution in [0.25, 0.3) is 0 Å². The molecule has 0 aromatic heterocycles. The summed E-state index contributed by atoms with van der Waals surface area (Å²) >= 11 is 0. The van der Waals surface area contributed by atoms with Gasteiger partial charge in [-0.05, 0) is 37.0 Å². The molecule has 0 saturated heterocycles. The molecule has 2 unspecified atom stereocenters. The topological polar surface area (TPSA) is 75.7 Å². The molecule has 1 saturated carbocycles. The number of hydrogen-bond acceptors (Lipinski definition) is 4. The van der Waals surface area contributed by atoms with E-state index in [1.807, 2.05) is 24.3 Å². The van der Waals surface area contributed by atoms with Crippen molar-refractivity contribution in [3.05, 3.63) is 29.8 Å². The van der Waals surface area contributed by atoms with Crippen molar-refractivity contribution in [1.82, 2.24) is 0 Å². The highest BCUT2D eigenvalue weighted by molar-refractivity contribution is 5.27. The highest BCUT2D eigenvalue weighted by Crippen LogP contribution is 2.30. The van der Waals surface area contributed by atoms with Gasteiger partial charge in [-0.3, -0.25) is 0 Å². The molecule has 0 spiro atoms. The molecule has 2 rings (SSSR count). The van der Waals surface area contributed by atoms with Gasteiger partial charge in [-0.2, -0.15) is 0 Å². The van der Waals surface area contributed by atoms with Crippen LogP contribution in [-0.4, -0.2) is 35.1 Å². The number of benzene rings is 1. The molecule has 4 nitrogen and oxygen atoms in total. The number of hydrogen-bond donors (Lipinski definition) is 3. The van der Waals surface area contributed by atoms with E-state index in [0.29, 0.717) is 12.8 Å². The van der Waals surface area contributed by atoms with Crippen molar-refractivity contribution in [2.24, 2.45) is 5.73 Å². The Balaban J connectivity index is 1.90. The molecule has 1 fully saturated rings. The summed E-state index contributed by atoms with van der Waals surface area (Å²) < 4.78 is 5.85. The van der Waals surface area contributed by atoms with Gasteiger partial charge in [-0.25, -0.2) is 0 Å². The summed E-state index contributed by atoms with van der Waals surface area (Å²) in [6.45, 7) is 0.178. The Bertz CT molecular complexity index is 379. The zero-order valence-corrected chi connectivity index (χ0v) is 10.5. The van der Waals surface area contributed by atoms with Crippen molar-refractivity contribution in [2.45, 2.75) is 37.3 Å². The van der Waals surface area contributed by atoms with E-state index in [9.17, 15) is 5.11 Å². The van der Waals surface area contributed by atoms with Crippen molar-refractivity contribution >= 4 is 0 Å². The second kappa shape index (κ2) is 5.69. The maximum Gasteiger partial charge on any atom is 0.119 e. The smallest absolute Gasteiger partial charge is 0.119 e. The zero-order valence-electron chi connectivity index (χ0n) is 10.5. The molecular formula is C14H21NO3. The quantitative estimate of drug-likeness (QED) is 0.725. The van der Waals surface area contributed by atoms with Gasteiger partial charge in [0, 0.05) is 18.6 Å². The third-order valence-corrected chi connectivity index (χ3v) is 3.54. The molecule has 4 N–H and O–H groups in total. The van der Waals surface area contributed by atoms with Gasteiger partial charge in [0.15, 0.2) is 0 Å². The summed E-state index contributed by atoms with van der Waals surface area (Å²) in [4.78, 5) is 0. The second-order valence-electron chi connectivity index (χ2n) is 5.12. The molecule has 100 valence electrons. The third-order valence-electron chi connectivity index (χ3n) is 3.54. The number of ether oxygens (including phenoxy) is 1. The monoisotopic (exact) mass is 251 g/mol. The first-order valence-electron chi connectivity index (χ1n) is 6.41. The molecule has 0 bridgehead atoms. The van der Waals surface area contributed by atoms with Gasteiger partial charge in [-0.1, -0.05) is 12.1 Å². The first kappa shape index (κ1) is 13.3. The van der Waals surface area contributed by atoms with E-state index >= 15 is 0 Å². The number of nitrogens with two attached hydrogens (primary N) is 1. The summed E-state index contributed by atoms with van der Waals surface area (Å²) in [5, 5.41) is 18.0. The van der Waals surface area contributed by atoms with E-state index in [1.165, 1.54) is 0 Å². The Morgan fingerprint density at radius 3 is 2.56 bits per heavy atom. The fraction of sp³-hybridized carbons (Fsp3) is 0.571.